The molecule has 0 fully saturated rings. The minimum atomic E-state index is -0.146. The number of fused-ring (bicyclic) bond motifs is 1. The van der Waals surface area contributed by atoms with E-state index in [0.29, 0.717) is 13.2 Å². The van der Waals surface area contributed by atoms with E-state index >= 15 is 0 Å². The highest BCUT2D eigenvalue weighted by Gasteiger charge is 2.22. The molecule has 0 unspecified atom stereocenters. The molecule has 1 heterocycles. The summed E-state index contributed by atoms with van der Waals surface area (Å²) in [6.45, 7) is 6.49. The lowest BCUT2D eigenvalue weighted by Crippen LogP contribution is -2.44. The van der Waals surface area contributed by atoms with Crippen LogP contribution in [0.1, 0.15) is 42.2 Å². The Morgan fingerprint density at radius 2 is 1.61 bits per heavy atom. The van der Waals surface area contributed by atoms with Crippen molar-refractivity contribution in [3.8, 4) is 5.75 Å². The lowest BCUT2D eigenvalue weighted by Gasteiger charge is -2.29. The van der Waals surface area contributed by atoms with E-state index in [2.05, 4.69) is 79.8 Å². The van der Waals surface area contributed by atoms with Gasteiger partial charge in [0, 0.05) is 17.5 Å². The van der Waals surface area contributed by atoms with Crippen molar-refractivity contribution in [1.82, 2.24) is 5.32 Å². The minimum absolute atomic E-state index is 0.0775. The van der Waals surface area contributed by atoms with Crippen LogP contribution >= 0.6 is 0 Å². The van der Waals surface area contributed by atoms with Crippen LogP contribution in [0.2, 0.25) is 0 Å². The van der Waals surface area contributed by atoms with Gasteiger partial charge < -0.3 is 14.9 Å². The second-order valence-corrected chi connectivity index (χ2v) is 8.67. The Kier molecular flexibility index (Phi) is 7.03. The molecule has 0 amide bonds. The van der Waals surface area contributed by atoms with E-state index in [9.17, 15) is 0 Å². The Bertz CT molecular complexity index is 917. The van der Waals surface area contributed by atoms with Gasteiger partial charge in [-0.25, -0.2) is 0 Å². The van der Waals surface area contributed by atoms with Crippen molar-refractivity contribution in [2.75, 3.05) is 19.8 Å². The van der Waals surface area contributed by atoms with Crippen molar-refractivity contribution in [2.24, 2.45) is 0 Å². The Labute approximate surface area is 185 Å². The molecule has 1 aliphatic heterocycles. The summed E-state index contributed by atoms with van der Waals surface area (Å²) >= 11 is 0. The summed E-state index contributed by atoms with van der Waals surface area (Å²) in [5.74, 6) is 0.838. The van der Waals surface area contributed by atoms with Crippen LogP contribution in [0.4, 0.5) is 0 Å². The molecule has 3 aromatic rings. The number of nitrogens with one attached hydrogen (secondary N) is 1. The van der Waals surface area contributed by atoms with Crippen molar-refractivity contribution in [2.45, 2.75) is 38.3 Å². The zero-order chi connectivity index (χ0) is 21.5. The van der Waals surface area contributed by atoms with Crippen LogP contribution in [0.5, 0.6) is 5.75 Å². The third-order valence-electron chi connectivity index (χ3n) is 5.56. The molecule has 4 heteroatoms. The maximum atomic E-state index is 6.46. The molecule has 1 aliphatic rings. The van der Waals surface area contributed by atoms with E-state index in [4.69, 9.17) is 14.5 Å². The normalized spacial score (nSPS) is 13.6. The van der Waals surface area contributed by atoms with Crippen molar-refractivity contribution in [3.63, 3.8) is 0 Å². The van der Waals surface area contributed by atoms with Crippen molar-refractivity contribution in [3.05, 3.63) is 101 Å². The van der Waals surface area contributed by atoms with E-state index in [1.807, 2.05) is 18.2 Å². The second-order valence-electron chi connectivity index (χ2n) is 8.67. The Balaban J connectivity index is 1.34. The summed E-state index contributed by atoms with van der Waals surface area (Å²) in [4.78, 5) is 10.3. The van der Waals surface area contributed by atoms with Gasteiger partial charge in [0.15, 0.2) is 5.75 Å². The largest absolute Gasteiger partial charge is 0.367 e. The van der Waals surface area contributed by atoms with Crippen molar-refractivity contribution in [1.29, 1.82) is 0 Å². The van der Waals surface area contributed by atoms with E-state index in [1.54, 1.807) is 0 Å². The molecule has 0 aliphatic carbocycles. The predicted molar refractivity (Wildman–Crippen MR) is 123 cm³/mol. The zero-order valence-electron chi connectivity index (χ0n) is 18.3. The van der Waals surface area contributed by atoms with Crippen LogP contribution in [0.25, 0.3) is 0 Å². The number of hydrogen-bond donors (Lipinski definition) is 1. The molecular weight excluding hydrogens is 386 g/mol. The number of hydrogen-bond acceptors (Lipinski definition) is 4. The molecule has 0 spiro atoms. The number of rotatable bonds is 9. The number of ether oxygens (including phenoxy) is 1. The first kappa shape index (κ1) is 21.6. The molecule has 3 aromatic carbocycles. The van der Waals surface area contributed by atoms with Crippen LogP contribution in [0.15, 0.2) is 78.9 Å². The van der Waals surface area contributed by atoms with Gasteiger partial charge >= 0.3 is 0 Å². The highest BCUT2D eigenvalue weighted by molar-refractivity contribution is 5.38. The summed E-state index contributed by atoms with van der Waals surface area (Å²) < 4.78 is 6.46. The van der Waals surface area contributed by atoms with Crippen molar-refractivity contribution >= 4 is 0 Å². The van der Waals surface area contributed by atoms with Crippen molar-refractivity contribution < 1.29 is 14.5 Å². The quantitative estimate of drug-likeness (QED) is 0.482. The summed E-state index contributed by atoms with van der Waals surface area (Å²) in [5.41, 5.74) is 4.72. The molecular formula is C27H31NO3. The van der Waals surface area contributed by atoms with Gasteiger partial charge in [0.25, 0.3) is 0 Å². The molecule has 31 heavy (non-hydrogen) atoms. The monoisotopic (exact) mass is 417 g/mol. The third-order valence-corrected chi connectivity index (χ3v) is 5.56. The van der Waals surface area contributed by atoms with Gasteiger partial charge in [-0.1, -0.05) is 72.8 Å². The van der Waals surface area contributed by atoms with Crippen LogP contribution in [-0.2, 0) is 22.5 Å². The molecule has 4 nitrogen and oxygen atoms in total. The Hall–Kier alpha value is -2.66. The highest BCUT2D eigenvalue weighted by Crippen LogP contribution is 2.27. The summed E-state index contributed by atoms with van der Waals surface area (Å²) in [6.07, 6.45) is 1.78. The van der Waals surface area contributed by atoms with E-state index < -0.39 is 0 Å². The lowest BCUT2D eigenvalue weighted by molar-refractivity contribution is -0.215. The van der Waals surface area contributed by atoms with E-state index in [1.165, 1.54) is 22.3 Å². The van der Waals surface area contributed by atoms with Gasteiger partial charge in [-0.15, -0.1) is 0 Å². The molecule has 0 aromatic heterocycles. The van der Waals surface area contributed by atoms with Crippen LogP contribution in [-0.4, -0.2) is 25.3 Å². The van der Waals surface area contributed by atoms with Gasteiger partial charge in [0.05, 0.1) is 13.2 Å². The van der Waals surface area contributed by atoms with Gasteiger partial charge in [0.1, 0.15) is 6.10 Å². The van der Waals surface area contributed by atoms with Gasteiger partial charge in [0.2, 0.25) is 0 Å². The smallest absolute Gasteiger partial charge is 0.168 e. The minimum Gasteiger partial charge on any atom is -0.367 e. The summed E-state index contributed by atoms with van der Waals surface area (Å²) in [5, 5.41) is 3.66. The highest BCUT2D eigenvalue weighted by atomic mass is 17.2. The molecule has 0 atom stereocenters. The number of benzene rings is 3. The van der Waals surface area contributed by atoms with E-state index in [-0.39, 0.29) is 11.6 Å². The second kappa shape index (κ2) is 10.1. The fraction of sp³-hybridized carbons (Fsp3) is 0.333. The third kappa shape index (κ3) is 5.95. The lowest BCUT2D eigenvalue weighted by atomic mass is 10.0. The Morgan fingerprint density at radius 1 is 0.935 bits per heavy atom. The predicted octanol–water partition coefficient (Wildman–Crippen LogP) is 5.27. The molecule has 0 saturated heterocycles. The van der Waals surface area contributed by atoms with Gasteiger partial charge in [-0.05, 0) is 49.6 Å². The van der Waals surface area contributed by atoms with Gasteiger partial charge in [-0.2, -0.15) is 4.89 Å². The van der Waals surface area contributed by atoms with Crippen LogP contribution < -0.4 is 10.2 Å². The van der Waals surface area contributed by atoms with Crippen LogP contribution in [0.3, 0.4) is 0 Å². The first-order valence-electron chi connectivity index (χ1n) is 11.0. The fourth-order valence-electron chi connectivity index (χ4n) is 3.85. The molecule has 162 valence electrons. The maximum Gasteiger partial charge on any atom is 0.168 e. The zero-order valence-corrected chi connectivity index (χ0v) is 18.3. The maximum absolute atomic E-state index is 6.46. The summed E-state index contributed by atoms with van der Waals surface area (Å²) in [6, 6.07) is 27.2. The summed E-state index contributed by atoms with van der Waals surface area (Å²) in [7, 11) is 0. The average molecular weight is 418 g/mol. The first-order chi connectivity index (χ1) is 15.1. The van der Waals surface area contributed by atoms with Crippen LogP contribution in [0, 0.1) is 0 Å². The molecule has 0 bridgehead atoms. The molecule has 0 saturated carbocycles. The standard InChI is InChI=1S/C27H31NO3/c1-27(2,28-17-15-21-13-14-25-24(19-21)16-18-30-31-25)20-29-26(22-9-5-3-6-10-22)23-11-7-4-8-12-23/h3-14,19,26,28H,15-18,20H2,1-2H3. The Morgan fingerprint density at radius 3 is 2.29 bits per heavy atom. The van der Waals surface area contributed by atoms with E-state index in [0.717, 1.165) is 25.1 Å². The molecule has 4 rings (SSSR count). The fourth-order valence-corrected chi connectivity index (χ4v) is 3.85. The molecule has 1 N–H and O–H groups in total. The topological polar surface area (TPSA) is 39.7 Å². The average Bonchev–Trinajstić information content (AvgIpc) is 2.80. The van der Waals surface area contributed by atoms with Gasteiger partial charge in [-0.3, -0.25) is 0 Å². The SMILES string of the molecule is CC(C)(COC(c1ccccc1)c1ccccc1)NCCc1ccc2c(c1)CCOO2. The molecule has 0 radical (unpaired) electrons. The first-order valence-corrected chi connectivity index (χ1v) is 11.0.